The molecule has 0 spiro atoms. The van der Waals surface area contributed by atoms with Gasteiger partial charge in [0.1, 0.15) is 5.82 Å². The quantitative estimate of drug-likeness (QED) is 0.807. The number of rotatable bonds is 6. The Hall–Kier alpha value is -0.870. The van der Waals surface area contributed by atoms with E-state index < -0.39 is 0 Å². The molecule has 0 fully saturated rings. The Bertz CT molecular complexity index is 349. The Morgan fingerprint density at radius 1 is 1.33 bits per heavy atom. The monoisotopic (exact) mass is 270 g/mol. The molecule has 1 aromatic rings. The van der Waals surface area contributed by atoms with Crippen molar-refractivity contribution in [1.29, 1.82) is 0 Å². The molecule has 0 aliphatic carbocycles. The molecule has 18 heavy (non-hydrogen) atoms. The van der Waals surface area contributed by atoms with Crippen molar-refractivity contribution in [3.8, 4) is 0 Å². The summed E-state index contributed by atoms with van der Waals surface area (Å²) in [5, 5.41) is 3.74. The van der Waals surface area contributed by atoms with E-state index in [1.54, 1.807) is 0 Å². The number of hydrogen-bond acceptors (Lipinski definition) is 4. The SMILES string of the molecule is Cc1cc(NC(CC(C)C)CN(C)C)nc(Cl)n1. The van der Waals surface area contributed by atoms with Gasteiger partial charge in [-0.2, -0.15) is 0 Å². The maximum absolute atomic E-state index is 5.87. The highest BCUT2D eigenvalue weighted by molar-refractivity contribution is 6.28. The highest BCUT2D eigenvalue weighted by Gasteiger charge is 2.13. The van der Waals surface area contributed by atoms with Gasteiger partial charge in [0, 0.05) is 24.3 Å². The molecule has 0 aromatic carbocycles. The minimum absolute atomic E-state index is 0.297. The summed E-state index contributed by atoms with van der Waals surface area (Å²) in [5.74, 6) is 1.45. The molecule has 102 valence electrons. The number of nitrogens with one attached hydrogen (secondary N) is 1. The maximum atomic E-state index is 5.87. The fourth-order valence-electron chi connectivity index (χ4n) is 2.00. The number of hydrogen-bond donors (Lipinski definition) is 1. The molecule has 1 N–H and O–H groups in total. The zero-order chi connectivity index (χ0) is 13.7. The largest absolute Gasteiger partial charge is 0.366 e. The van der Waals surface area contributed by atoms with Crippen LogP contribution >= 0.6 is 11.6 Å². The smallest absolute Gasteiger partial charge is 0.224 e. The van der Waals surface area contributed by atoms with Crippen LogP contribution < -0.4 is 5.32 Å². The first-order valence-electron chi connectivity index (χ1n) is 6.29. The van der Waals surface area contributed by atoms with Gasteiger partial charge in [0.05, 0.1) is 0 Å². The zero-order valence-electron chi connectivity index (χ0n) is 11.9. The third-order valence-corrected chi connectivity index (χ3v) is 2.69. The Morgan fingerprint density at radius 2 is 2.00 bits per heavy atom. The molecule has 1 heterocycles. The van der Waals surface area contributed by atoms with Gasteiger partial charge in [-0.25, -0.2) is 9.97 Å². The Balaban J connectivity index is 2.74. The van der Waals surface area contributed by atoms with Crippen molar-refractivity contribution in [1.82, 2.24) is 14.9 Å². The van der Waals surface area contributed by atoms with Crippen molar-refractivity contribution < 1.29 is 0 Å². The van der Waals surface area contributed by atoms with Gasteiger partial charge in [-0.15, -0.1) is 0 Å². The van der Waals surface area contributed by atoms with Gasteiger partial charge in [0.25, 0.3) is 0 Å². The van der Waals surface area contributed by atoms with Crippen LogP contribution in [-0.4, -0.2) is 41.5 Å². The maximum Gasteiger partial charge on any atom is 0.224 e. The third-order valence-electron chi connectivity index (χ3n) is 2.52. The van der Waals surface area contributed by atoms with E-state index in [9.17, 15) is 0 Å². The molecule has 4 nitrogen and oxygen atoms in total. The molecule has 0 bridgehead atoms. The molecule has 0 saturated carbocycles. The first kappa shape index (κ1) is 15.2. The molecule has 1 atom stereocenters. The summed E-state index contributed by atoms with van der Waals surface area (Å²) in [5.41, 5.74) is 0.880. The number of likely N-dealkylation sites (N-methyl/N-ethyl adjacent to an activating group) is 1. The third kappa shape index (κ3) is 5.65. The van der Waals surface area contributed by atoms with Crippen LogP contribution in [-0.2, 0) is 0 Å². The van der Waals surface area contributed by atoms with E-state index in [0.29, 0.717) is 17.2 Å². The van der Waals surface area contributed by atoms with Crippen molar-refractivity contribution >= 4 is 17.4 Å². The number of aryl methyl sites for hydroxylation is 1. The average Bonchev–Trinajstić information content (AvgIpc) is 2.12. The van der Waals surface area contributed by atoms with E-state index in [-0.39, 0.29) is 0 Å². The summed E-state index contributed by atoms with van der Waals surface area (Å²) in [7, 11) is 4.15. The fourth-order valence-corrected chi connectivity index (χ4v) is 2.23. The van der Waals surface area contributed by atoms with E-state index in [1.165, 1.54) is 0 Å². The van der Waals surface area contributed by atoms with Gasteiger partial charge in [-0.1, -0.05) is 13.8 Å². The minimum atomic E-state index is 0.297. The van der Waals surface area contributed by atoms with Gasteiger partial charge >= 0.3 is 0 Å². The first-order valence-corrected chi connectivity index (χ1v) is 6.67. The van der Waals surface area contributed by atoms with Crippen LogP contribution in [0.3, 0.4) is 0 Å². The van der Waals surface area contributed by atoms with Crippen LogP contribution in [0, 0.1) is 12.8 Å². The second-order valence-electron chi connectivity index (χ2n) is 5.40. The summed E-state index contributed by atoms with van der Waals surface area (Å²) >= 11 is 5.87. The molecule has 1 unspecified atom stereocenters. The molecule has 0 amide bonds. The standard InChI is InChI=1S/C13H23ClN4/c1-9(2)6-11(8-18(4)5)16-12-7-10(3)15-13(14)17-12/h7,9,11H,6,8H2,1-5H3,(H,15,16,17). The van der Waals surface area contributed by atoms with E-state index in [4.69, 9.17) is 11.6 Å². The van der Waals surface area contributed by atoms with Crippen LogP contribution in [0.25, 0.3) is 0 Å². The topological polar surface area (TPSA) is 41.0 Å². The Labute approximate surface area is 115 Å². The summed E-state index contributed by atoms with van der Waals surface area (Å²) in [6, 6.07) is 2.29. The molecular formula is C13H23ClN4. The Kier molecular flexibility index (Phi) is 5.82. The van der Waals surface area contributed by atoms with Gasteiger partial charge in [0.2, 0.25) is 5.28 Å². The summed E-state index contributed by atoms with van der Waals surface area (Å²) in [4.78, 5) is 10.5. The predicted octanol–water partition coefficient (Wildman–Crippen LogP) is 2.83. The summed E-state index contributed by atoms with van der Waals surface area (Å²) < 4.78 is 0. The number of halogens is 1. The predicted molar refractivity (Wildman–Crippen MR) is 77.2 cm³/mol. The van der Waals surface area contributed by atoms with Gasteiger partial charge in [0.15, 0.2) is 0 Å². The van der Waals surface area contributed by atoms with E-state index in [0.717, 1.165) is 24.5 Å². The molecule has 1 rings (SSSR count). The van der Waals surface area contributed by atoms with Gasteiger partial charge in [-0.3, -0.25) is 0 Å². The van der Waals surface area contributed by atoms with Crippen LogP contribution in [0.1, 0.15) is 26.0 Å². The summed E-state index contributed by atoms with van der Waals surface area (Å²) in [6.07, 6.45) is 1.10. The molecular weight excluding hydrogens is 248 g/mol. The molecule has 5 heteroatoms. The van der Waals surface area contributed by atoms with Crippen molar-refractivity contribution in [2.24, 2.45) is 5.92 Å². The Morgan fingerprint density at radius 3 is 2.50 bits per heavy atom. The lowest BCUT2D eigenvalue weighted by atomic mass is 10.0. The zero-order valence-corrected chi connectivity index (χ0v) is 12.6. The highest BCUT2D eigenvalue weighted by atomic mass is 35.5. The lowest BCUT2D eigenvalue weighted by Crippen LogP contribution is -2.33. The van der Waals surface area contributed by atoms with Crippen molar-refractivity contribution in [2.75, 3.05) is 26.0 Å². The van der Waals surface area contributed by atoms with Gasteiger partial charge < -0.3 is 10.2 Å². The van der Waals surface area contributed by atoms with E-state index in [1.807, 2.05) is 13.0 Å². The second kappa shape index (κ2) is 6.90. The second-order valence-corrected chi connectivity index (χ2v) is 5.73. The lowest BCUT2D eigenvalue weighted by Gasteiger charge is -2.24. The molecule has 1 aromatic heterocycles. The lowest BCUT2D eigenvalue weighted by molar-refractivity contribution is 0.356. The first-order chi connectivity index (χ1) is 8.36. The number of anilines is 1. The summed E-state index contributed by atoms with van der Waals surface area (Å²) in [6.45, 7) is 7.34. The average molecular weight is 271 g/mol. The van der Waals surface area contributed by atoms with Gasteiger partial charge in [-0.05, 0) is 45.0 Å². The normalized spacial score (nSPS) is 13.1. The molecule has 0 aliphatic rings. The highest BCUT2D eigenvalue weighted by Crippen LogP contribution is 2.14. The van der Waals surface area contributed by atoms with Crippen molar-refractivity contribution in [2.45, 2.75) is 33.2 Å². The molecule has 0 aliphatic heterocycles. The van der Waals surface area contributed by atoms with E-state index in [2.05, 4.69) is 48.1 Å². The van der Waals surface area contributed by atoms with Crippen molar-refractivity contribution in [3.63, 3.8) is 0 Å². The minimum Gasteiger partial charge on any atom is -0.366 e. The van der Waals surface area contributed by atoms with Crippen molar-refractivity contribution in [3.05, 3.63) is 17.0 Å². The number of aromatic nitrogens is 2. The fraction of sp³-hybridized carbons (Fsp3) is 0.692. The number of nitrogens with zero attached hydrogens (tertiary/aromatic N) is 3. The van der Waals surface area contributed by atoms with Crippen LogP contribution in [0.15, 0.2) is 6.07 Å². The van der Waals surface area contributed by atoms with Crippen LogP contribution in [0.4, 0.5) is 5.82 Å². The van der Waals surface area contributed by atoms with Crippen LogP contribution in [0.2, 0.25) is 5.28 Å². The molecule has 0 radical (unpaired) electrons. The van der Waals surface area contributed by atoms with Crippen LogP contribution in [0.5, 0.6) is 0 Å². The van der Waals surface area contributed by atoms with E-state index >= 15 is 0 Å². The molecule has 0 saturated heterocycles.